The summed E-state index contributed by atoms with van der Waals surface area (Å²) in [7, 11) is 0. The van der Waals surface area contributed by atoms with Gasteiger partial charge in [0.05, 0.1) is 5.60 Å². The molecule has 1 heterocycles. The van der Waals surface area contributed by atoms with E-state index in [2.05, 4.69) is 19.2 Å². The maximum Gasteiger partial charge on any atom is 0.128 e. The molecular weight excluding hydrogens is 272 g/mol. The number of nitrogens with one attached hydrogen (secondary N) is 1. The van der Waals surface area contributed by atoms with Crippen LogP contribution < -0.4 is 5.32 Å². The molecule has 1 aliphatic heterocycles. The van der Waals surface area contributed by atoms with Crippen LogP contribution in [0.5, 0.6) is 0 Å². The van der Waals surface area contributed by atoms with Gasteiger partial charge >= 0.3 is 0 Å². The molecular formula is C17H25F2NO. The van der Waals surface area contributed by atoms with Gasteiger partial charge in [0, 0.05) is 24.3 Å². The molecule has 0 aromatic heterocycles. The predicted molar refractivity (Wildman–Crippen MR) is 80.2 cm³/mol. The van der Waals surface area contributed by atoms with Crippen LogP contribution in [0.15, 0.2) is 18.2 Å². The lowest BCUT2D eigenvalue weighted by molar-refractivity contribution is -0.0940. The average molecular weight is 297 g/mol. The maximum absolute atomic E-state index is 13.8. The summed E-state index contributed by atoms with van der Waals surface area (Å²) in [6.45, 7) is 6.88. The Morgan fingerprint density at radius 3 is 2.71 bits per heavy atom. The third kappa shape index (κ3) is 3.80. The largest absolute Gasteiger partial charge is 0.375 e. The van der Waals surface area contributed by atoms with Crippen LogP contribution in [-0.4, -0.2) is 18.2 Å². The highest BCUT2D eigenvalue weighted by Gasteiger charge is 2.35. The van der Waals surface area contributed by atoms with E-state index in [9.17, 15) is 8.78 Å². The Hall–Kier alpha value is -1.00. The normalized spacial score (nSPS) is 23.0. The molecule has 0 saturated carbocycles. The van der Waals surface area contributed by atoms with Crippen LogP contribution in [0.3, 0.4) is 0 Å². The Balaban J connectivity index is 2.05. The highest BCUT2D eigenvalue weighted by molar-refractivity contribution is 5.22. The van der Waals surface area contributed by atoms with Gasteiger partial charge in [-0.25, -0.2) is 8.78 Å². The SMILES string of the molecule is CCC1(CC)CC(NC(C)c2cc(F)ccc2F)CCO1. The van der Waals surface area contributed by atoms with E-state index in [-0.39, 0.29) is 23.5 Å². The van der Waals surface area contributed by atoms with Gasteiger partial charge in [-0.3, -0.25) is 0 Å². The molecule has 1 aromatic rings. The molecule has 1 aromatic carbocycles. The zero-order valence-corrected chi connectivity index (χ0v) is 13.1. The first-order valence-electron chi connectivity index (χ1n) is 7.84. The number of hydrogen-bond donors (Lipinski definition) is 1. The second-order valence-electron chi connectivity index (χ2n) is 5.98. The van der Waals surface area contributed by atoms with Crippen molar-refractivity contribution in [3.8, 4) is 0 Å². The number of hydrogen-bond acceptors (Lipinski definition) is 2. The lowest BCUT2D eigenvalue weighted by Gasteiger charge is -2.41. The van der Waals surface area contributed by atoms with Crippen molar-refractivity contribution in [1.29, 1.82) is 0 Å². The van der Waals surface area contributed by atoms with Crippen LogP contribution in [0.25, 0.3) is 0 Å². The lowest BCUT2D eigenvalue weighted by atomic mass is 9.85. The third-order valence-corrected chi connectivity index (χ3v) is 4.69. The molecule has 1 aliphatic rings. The first kappa shape index (κ1) is 16.4. The molecule has 2 unspecified atom stereocenters. The summed E-state index contributed by atoms with van der Waals surface area (Å²) < 4.78 is 33.1. The molecule has 0 bridgehead atoms. The minimum atomic E-state index is -0.400. The van der Waals surface area contributed by atoms with E-state index in [1.54, 1.807) is 0 Å². The fourth-order valence-corrected chi connectivity index (χ4v) is 3.20. The van der Waals surface area contributed by atoms with Gasteiger partial charge in [-0.2, -0.15) is 0 Å². The van der Waals surface area contributed by atoms with Crippen LogP contribution in [-0.2, 0) is 4.74 Å². The standard InChI is InChI=1S/C17H25F2NO/c1-4-17(5-2)11-14(8-9-21-17)20-12(3)15-10-13(18)6-7-16(15)19/h6-7,10,12,14,20H,4-5,8-9,11H2,1-3H3. The van der Waals surface area contributed by atoms with Gasteiger partial charge in [-0.1, -0.05) is 13.8 Å². The molecule has 0 radical (unpaired) electrons. The molecule has 1 saturated heterocycles. The van der Waals surface area contributed by atoms with Gasteiger partial charge < -0.3 is 10.1 Å². The zero-order chi connectivity index (χ0) is 15.5. The van der Waals surface area contributed by atoms with E-state index >= 15 is 0 Å². The summed E-state index contributed by atoms with van der Waals surface area (Å²) in [6, 6.07) is 3.68. The van der Waals surface area contributed by atoms with E-state index in [0.29, 0.717) is 5.56 Å². The Labute approximate surface area is 125 Å². The van der Waals surface area contributed by atoms with E-state index in [1.165, 1.54) is 12.1 Å². The Bertz CT molecular complexity index is 474. The van der Waals surface area contributed by atoms with Crippen molar-refractivity contribution < 1.29 is 13.5 Å². The van der Waals surface area contributed by atoms with Gasteiger partial charge in [0.2, 0.25) is 0 Å². The highest BCUT2D eigenvalue weighted by atomic mass is 19.1. The first-order chi connectivity index (χ1) is 9.99. The molecule has 0 spiro atoms. The second kappa shape index (κ2) is 6.84. The molecule has 4 heteroatoms. The fraction of sp³-hybridized carbons (Fsp3) is 0.647. The Morgan fingerprint density at radius 2 is 2.05 bits per heavy atom. The maximum atomic E-state index is 13.8. The summed E-state index contributed by atoms with van der Waals surface area (Å²) in [6.07, 6.45) is 3.78. The highest BCUT2D eigenvalue weighted by Crippen LogP contribution is 2.32. The first-order valence-corrected chi connectivity index (χ1v) is 7.84. The summed E-state index contributed by atoms with van der Waals surface area (Å²) >= 11 is 0. The molecule has 2 atom stereocenters. The number of benzene rings is 1. The minimum absolute atomic E-state index is 0.0733. The number of halogens is 2. The van der Waals surface area contributed by atoms with Gasteiger partial charge in [0.1, 0.15) is 11.6 Å². The fourth-order valence-electron chi connectivity index (χ4n) is 3.20. The van der Waals surface area contributed by atoms with Crippen molar-refractivity contribution in [3.05, 3.63) is 35.4 Å². The van der Waals surface area contributed by atoms with Crippen LogP contribution in [0.4, 0.5) is 8.78 Å². The van der Waals surface area contributed by atoms with Crippen LogP contribution in [0.2, 0.25) is 0 Å². The van der Waals surface area contributed by atoms with Crippen molar-refractivity contribution >= 4 is 0 Å². The van der Waals surface area contributed by atoms with E-state index in [1.807, 2.05) is 6.92 Å². The molecule has 0 amide bonds. The number of rotatable bonds is 5. The van der Waals surface area contributed by atoms with Crippen LogP contribution in [0.1, 0.15) is 58.1 Å². The smallest absolute Gasteiger partial charge is 0.128 e. The molecule has 2 nitrogen and oxygen atoms in total. The van der Waals surface area contributed by atoms with Gasteiger partial charge in [-0.15, -0.1) is 0 Å². The van der Waals surface area contributed by atoms with Crippen LogP contribution in [0, 0.1) is 11.6 Å². The van der Waals surface area contributed by atoms with Crippen molar-refractivity contribution in [2.75, 3.05) is 6.61 Å². The third-order valence-electron chi connectivity index (χ3n) is 4.69. The van der Waals surface area contributed by atoms with Gasteiger partial charge in [-0.05, 0) is 50.8 Å². The van der Waals surface area contributed by atoms with Crippen molar-refractivity contribution in [1.82, 2.24) is 5.32 Å². The quantitative estimate of drug-likeness (QED) is 0.872. The monoisotopic (exact) mass is 297 g/mol. The lowest BCUT2D eigenvalue weighted by Crippen LogP contribution is -2.47. The summed E-state index contributed by atoms with van der Waals surface area (Å²) in [5.41, 5.74) is 0.316. The Kier molecular flexibility index (Phi) is 5.33. The van der Waals surface area contributed by atoms with E-state index in [4.69, 9.17) is 4.74 Å². The Morgan fingerprint density at radius 1 is 1.33 bits per heavy atom. The number of ether oxygens (including phenoxy) is 1. The van der Waals surface area contributed by atoms with Crippen molar-refractivity contribution in [3.63, 3.8) is 0 Å². The molecule has 1 fully saturated rings. The topological polar surface area (TPSA) is 21.3 Å². The van der Waals surface area contributed by atoms with E-state index in [0.717, 1.165) is 38.4 Å². The van der Waals surface area contributed by atoms with Crippen LogP contribution >= 0.6 is 0 Å². The molecule has 1 N–H and O–H groups in total. The van der Waals surface area contributed by atoms with Gasteiger partial charge in [0.25, 0.3) is 0 Å². The summed E-state index contributed by atoms with van der Waals surface area (Å²) in [5.74, 6) is -0.760. The average Bonchev–Trinajstić information content (AvgIpc) is 2.49. The minimum Gasteiger partial charge on any atom is -0.375 e. The molecule has 0 aliphatic carbocycles. The molecule has 118 valence electrons. The second-order valence-corrected chi connectivity index (χ2v) is 5.98. The molecule has 21 heavy (non-hydrogen) atoms. The van der Waals surface area contributed by atoms with Crippen molar-refractivity contribution in [2.45, 2.75) is 64.1 Å². The predicted octanol–water partition coefficient (Wildman–Crippen LogP) is 4.35. The summed E-state index contributed by atoms with van der Waals surface area (Å²) in [4.78, 5) is 0. The van der Waals surface area contributed by atoms with Gasteiger partial charge in [0.15, 0.2) is 0 Å². The summed E-state index contributed by atoms with van der Waals surface area (Å²) in [5, 5.41) is 3.44. The van der Waals surface area contributed by atoms with E-state index < -0.39 is 5.82 Å². The van der Waals surface area contributed by atoms with Crippen molar-refractivity contribution in [2.24, 2.45) is 0 Å². The zero-order valence-electron chi connectivity index (χ0n) is 13.1. The molecule has 2 rings (SSSR count).